The predicted octanol–water partition coefficient (Wildman–Crippen LogP) is -2.32. The summed E-state index contributed by atoms with van der Waals surface area (Å²) in [4.78, 5) is 22.9. The molecule has 0 spiro atoms. The lowest BCUT2D eigenvalue weighted by Gasteiger charge is -2.27. The minimum absolute atomic E-state index is 0. The highest BCUT2D eigenvalue weighted by molar-refractivity contribution is 5.81. The Kier molecular flexibility index (Phi) is 3.74. The highest BCUT2D eigenvalue weighted by Crippen LogP contribution is 2.39. The molecule has 0 bridgehead atoms. The van der Waals surface area contributed by atoms with Gasteiger partial charge in [-0.05, 0) is 6.92 Å². The summed E-state index contributed by atoms with van der Waals surface area (Å²) >= 11 is 0. The van der Waals surface area contributed by atoms with E-state index in [1.807, 2.05) is 0 Å². The van der Waals surface area contributed by atoms with Crippen LogP contribution in [0.2, 0.25) is 0 Å². The molecule has 0 aromatic carbocycles. The van der Waals surface area contributed by atoms with Crippen molar-refractivity contribution in [3.8, 4) is 0 Å². The van der Waals surface area contributed by atoms with Crippen molar-refractivity contribution >= 4 is 23.0 Å². The fourth-order valence-corrected chi connectivity index (χ4v) is 2.39. The van der Waals surface area contributed by atoms with Crippen LogP contribution in [0.5, 0.6) is 0 Å². The minimum Gasteiger partial charge on any atom is -0.479 e. The molecule has 0 aliphatic carbocycles. The predicted molar refractivity (Wildman–Crippen MR) is 71.5 cm³/mol. The van der Waals surface area contributed by atoms with Crippen LogP contribution in [0.15, 0.2) is 12.7 Å². The number of rotatable bonds is 2. The number of hydrogen-bond acceptors (Lipinski definition) is 8. The second-order valence-corrected chi connectivity index (χ2v) is 5.00. The van der Waals surface area contributed by atoms with E-state index >= 15 is 0 Å². The molecule has 1 saturated heterocycles. The van der Waals surface area contributed by atoms with Gasteiger partial charge < -0.3 is 31.3 Å². The number of aliphatic carboxylic acids is 1. The first-order valence-electron chi connectivity index (χ1n) is 6.05. The maximum atomic E-state index is 11.1. The Morgan fingerprint density at radius 3 is 2.73 bits per heavy atom. The molecule has 7 N–H and O–H groups in total. The molecule has 3 rings (SSSR count). The molecule has 4 atom stereocenters. The summed E-state index contributed by atoms with van der Waals surface area (Å²) in [7, 11) is 0. The Labute approximate surface area is 123 Å². The number of aliphatic hydroxyl groups excluding tert-OH is 1. The average molecular weight is 313 g/mol. The summed E-state index contributed by atoms with van der Waals surface area (Å²) in [6, 6.07) is 0. The molecule has 3 heterocycles. The van der Waals surface area contributed by atoms with Crippen LogP contribution in [0.25, 0.3) is 11.2 Å². The zero-order valence-electron chi connectivity index (χ0n) is 11.4. The Morgan fingerprint density at radius 2 is 2.14 bits per heavy atom. The Hall–Kier alpha value is -2.34. The van der Waals surface area contributed by atoms with Gasteiger partial charge in [0.15, 0.2) is 23.8 Å². The van der Waals surface area contributed by atoms with E-state index in [9.17, 15) is 15.0 Å². The SMILES string of the molecule is C[C@@]1(O)[C@H](O)[C@@H](C(=O)O)O[C@H]1n1cnc2c(N)ncnc21.O. The van der Waals surface area contributed by atoms with Gasteiger partial charge in [-0.2, -0.15) is 0 Å². The number of carboxylic acid groups (broad SMARTS) is 1. The number of carbonyl (C=O) groups is 1. The van der Waals surface area contributed by atoms with E-state index < -0.39 is 30.0 Å². The number of aromatic nitrogens is 4. The lowest BCUT2D eigenvalue weighted by molar-refractivity contribution is -0.155. The lowest BCUT2D eigenvalue weighted by Crippen LogP contribution is -2.45. The summed E-state index contributed by atoms with van der Waals surface area (Å²) in [5.41, 5.74) is 4.39. The molecule has 0 amide bonds. The summed E-state index contributed by atoms with van der Waals surface area (Å²) in [5, 5.41) is 29.3. The summed E-state index contributed by atoms with van der Waals surface area (Å²) in [6.45, 7) is 1.28. The van der Waals surface area contributed by atoms with E-state index in [4.69, 9.17) is 15.6 Å². The van der Waals surface area contributed by atoms with Crippen molar-refractivity contribution in [2.24, 2.45) is 0 Å². The molecule has 1 fully saturated rings. The molecule has 120 valence electrons. The topological polar surface area (TPSA) is 188 Å². The smallest absolute Gasteiger partial charge is 0.335 e. The molecular formula is C11H15N5O6. The quantitative estimate of drug-likeness (QED) is 0.471. The van der Waals surface area contributed by atoms with Crippen LogP contribution in [0.1, 0.15) is 13.2 Å². The third-order valence-corrected chi connectivity index (χ3v) is 3.54. The second-order valence-electron chi connectivity index (χ2n) is 5.00. The van der Waals surface area contributed by atoms with Gasteiger partial charge in [0.2, 0.25) is 0 Å². The zero-order valence-corrected chi connectivity index (χ0v) is 11.4. The van der Waals surface area contributed by atoms with Gasteiger partial charge >= 0.3 is 5.97 Å². The fraction of sp³-hybridized carbons (Fsp3) is 0.455. The number of carboxylic acids is 1. The van der Waals surface area contributed by atoms with Gasteiger partial charge in [-0.25, -0.2) is 19.7 Å². The summed E-state index contributed by atoms with van der Waals surface area (Å²) in [6.07, 6.45) is -1.82. The minimum atomic E-state index is -1.84. The van der Waals surface area contributed by atoms with Crippen molar-refractivity contribution < 1.29 is 30.3 Å². The number of hydrogen-bond donors (Lipinski definition) is 4. The third-order valence-electron chi connectivity index (χ3n) is 3.54. The van der Waals surface area contributed by atoms with Crippen LogP contribution in [0, 0.1) is 0 Å². The zero-order chi connectivity index (χ0) is 15.4. The second kappa shape index (κ2) is 5.14. The first kappa shape index (κ1) is 16.0. The maximum absolute atomic E-state index is 11.1. The van der Waals surface area contributed by atoms with E-state index in [2.05, 4.69) is 15.0 Å². The van der Waals surface area contributed by atoms with Gasteiger partial charge in [-0.1, -0.05) is 0 Å². The third kappa shape index (κ3) is 2.07. The monoisotopic (exact) mass is 313 g/mol. The fourth-order valence-electron chi connectivity index (χ4n) is 2.39. The molecule has 0 unspecified atom stereocenters. The standard InChI is InChI=1S/C11H13N5O5.H2O/c1-11(20)6(17)5(9(18)19)21-10(11)16-3-15-4-7(12)13-2-14-8(4)16;/h2-3,5-6,10,17,20H,1H3,(H,18,19)(H2,12,13,14);1H2/t5-,6+,10+,11+;/m0./s1. The van der Waals surface area contributed by atoms with Crippen LogP contribution in [0.3, 0.4) is 0 Å². The van der Waals surface area contributed by atoms with Crippen LogP contribution in [0.4, 0.5) is 5.82 Å². The first-order chi connectivity index (χ1) is 9.84. The molecule has 11 heteroatoms. The van der Waals surface area contributed by atoms with Gasteiger partial charge in [0.05, 0.1) is 6.33 Å². The van der Waals surface area contributed by atoms with E-state index in [1.165, 1.54) is 24.1 Å². The average Bonchev–Trinajstić information content (AvgIpc) is 2.92. The van der Waals surface area contributed by atoms with Crippen molar-refractivity contribution in [1.29, 1.82) is 0 Å². The van der Waals surface area contributed by atoms with E-state index in [-0.39, 0.29) is 16.9 Å². The molecule has 0 saturated carbocycles. The largest absolute Gasteiger partial charge is 0.479 e. The number of aliphatic hydroxyl groups is 2. The van der Waals surface area contributed by atoms with Crippen LogP contribution in [-0.4, -0.2) is 64.1 Å². The van der Waals surface area contributed by atoms with Crippen molar-refractivity contribution in [2.75, 3.05) is 5.73 Å². The molecule has 11 nitrogen and oxygen atoms in total. The lowest BCUT2D eigenvalue weighted by atomic mass is 9.96. The van der Waals surface area contributed by atoms with Crippen molar-refractivity contribution in [3.05, 3.63) is 12.7 Å². The molecule has 0 radical (unpaired) electrons. The van der Waals surface area contributed by atoms with Gasteiger partial charge in [-0.3, -0.25) is 4.57 Å². The molecule has 1 aliphatic heterocycles. The number of anilines is 1. The van der Waals surface area contributed by atoms with Crippen molar-refractivity contribution in [2.45, 2.75) is 31.0 Å². The summed E-state index contributed by atoms with van der Waals surface area (Å²) < 4.78 is 6.58. The highest BCUT2D eigenvalue weighted by atomic mass is 16.6. The molecule has 2 aromatic heterocycles. The first-order valence-corrected chi connectivity index (χ1v) is 6.05. The van der Waals surface area contributed by atoms with Crippen LogP contribution >= 0.6 is 0 Å². The van der Waals surface area contributed by atoms with Gasteiger partial charge in [-0.15, -0.1) is 0 Å². The normalized spacial score (nSPS) is 31.1. The van der Waals surface area contributed by atoms with Crippen LogP contribution in [-0.2, 0) is 9.53 Å². The van der Waals surface area contributed by atoms with Crippen molar-refractivity contribution in [1.82, 2.24) is 19.5 Å². The Balaban J connectivity index is 0.00000176. The Bertz CT molecular complexity index is 716. The summed E-state index contributed by atoms with van der Waals surface area (Å²) in [5.74, 6) is -1.23. The van der Waals surface area contributed by atoms with Gasteiger partial charge in [0.25, 0.3) is 0 Å². The van der Waals surface area contributed by atoms with E-state index in [0.29, 0.717) is 5.52 Å². The van der Waals surface area contributed by atoms with E-state index in [0.717, 1.165) is 0 Å². The van der Waals surface area contributed by atoms with Crippen LogP contribution < -0.4 is 5.73 Å². The molecule has 1 aliphatic rings. The number of fused-ring (bicyclic) bond motifs is 1. The molecule has 22 heavy (non-hydrogen) atoms. The van der Waals surface area contributed by atoms with Gasteiger partial charge in [0, 0.05) is 0 Å². The highest BCUT2D eigenvalue weighted by Gasteiger charge is 2.56. The number of ether oxygens (including phenoxy) is 1. The van der Waals surface area contributed by atoms with Crippen molar-refractivity contribution in [3.63, 3.8) is 0 Å². The Morgan fingerprint density at radius 1 is 1.45 bits per heavy atom. The number of nitrogen functional groups attached to an aromatic ring is 1. The number of imidazole rings is 1. The molecular weight excluding hydrogens is 298 g/mol. The van der Waals surface area contributed by atoms with Gasteiger partial charge in [0.1, 0.15) is 23.5 Å². The number of nitrogens with zero attached hydrogens (tertiary/aromatic N) is 4. The maximum Gasteiger partial charge on any atom is 0.335 e. The molecule has 2 aromatic rings. The number of nitrogens with two attached hydrogens (primary N) is 1. The van der Waals surface area contributed by atoms with E-state index in [1.54, 1.807) is 0 Å².